The molecular formula is C24H23N3O5S. The summed E-state index contributed by atoms with van der Waals surface area (Å²) in [6.45, 7) is 0. The van der Waals surface area contributed by atoms with E-state index in [0.29, 0.717) is 17.0 Å². The fourth-order valence-corrected chi connectivity index (χ4v) is 4.29. The molecule has 1 heterocycles. The first-order chi connectivity index (χ1) is 15.9. The molecule has 0 saturated carbocycles. The van der Waals surface area contributed by atoms with Gasteiger partial charge in [0.05, 0.1) is 50.2 Å². The summed E-state index contributed by atoms with van der Waals surface area (Å²) in [6.07, 6.45) is 1.90. The number of nitriles is 1. The van der Waals surface area contributed by atoms with Crippen LogP contribution in [0.25, 0.3) is 0 Å². The third-order valence-corrected chi connectivity index (χ3v) is 6.01. The number of methoxy groups -OCH3 is 3. The van der Waals surface area contributed by atoms with E-state index in [1.165, 1.54) is 38.0 Å². The molecule has 1 atom stereocenters. The zero-order chi connectivity index (χ0) is 24.1. The lowest BCUT2D eigenvalue weighted by Gasteiger charge is -2.36. The fraction of sp³-hybridized carbons (Fsp3) is 0.208. The van der Waals surface area contributed by atoms with Crippen LogP contribution in [0, 0.1) is 11.3 Å². The number of benzene rings is 2. The van der Waals surface area contributed by atoms with Crippen molar-refractivity contribution >= 4 is 29.4 Å². The monoisotopic (exact) mass is 465 g/mol. The molecule has 0 aromatic heterocycles. The second kappa shape index (κ2) is 10.1. The fourth-order valence-electron chi connectivity index (χ4n) is 3.75. The number of carbonyl (C=O) groups is 2. The first-order valence-electron chi connectivity index (χ1n) is 9.81. The molecule has 3 rings (SSSR count). The highest BCUT2D eigenvalue weighted by molar-refractivity contribution is 7.98. The van der Waals surface area contributed by atoms with Gasteiger partial charge in [0.15, 0.2) is 0 Å². The standard InChI is InChI=1S/C24H23N3O5S/c1-30-17-12-15(10-11-18(17)33-4)27-21(24(29)32-3)20(23(28)31-2)19(16(13-25)22(27)26)14-8-6-5-7-9-14/h5-12,19H,26H2,1-4H3. The molecule has 0 radical (unpaired) electrons. The van der Waals surface area contributed by atoms with Gasteiger partial charge in [-0.1, -0.05) is 30.3 Å². The van der Waals surface area contributed by atoms with Gasteiger partial charge < -0.3 is 19.9 Å². The molecule has 1 aliphatic heterocycles. The second-order valence-corrected chi connectivity index (χ2v) is 7.72. The molecule has 0 saturated heterocycles. The molecule has 8 nitrogen and oxygen atoms in total. The number of ether oxygens (including phenoxy) is 3. The van der Waals surface area contributed by atoms with Gasteiger partial charge in [0.25, 0.3) is 0 Å². The molecule has 2 N–H and O–H groups in total. The molecule has 1 unspecified atom stereocenters. The van der Waals surface area contributed by atoms with Crippen LogP contribution in [0.1, 0.15) is 11.5 Å². The molecular weight excluding hydrogens is 442 g/mol. The molecule has 0 aliphatic carbocycles. The predicted molar refractivity (Wildman–Crippen MR) is 124 cm³/mol. The highest BCUT2D eigenvalue weighted by Crippen LogP contribution is 2.44. The Morgan fingerprint density at radius 2 is 1.73 bits per heavy atom. The van der Waals surface area contributed by atoms with Gasteiger partial charge in [0, 0.05) is 11.0 Å². The van der Waals surface area contributed by atoms with Crippen LogP contribution in [0.4, 0.5) is 5.69 Å². The third-order valence-electron chi connectivity index (χ3n) is 5.24. The Labute approximate surface area is 196 Å². The summed E-state index contributed by atoms with van der Waals surface area (Å²) in [5.41, 5.74) is 7.43. The Kier molecular flexibility index (Phi) is 7.30. The van der Waals surface area contributed by atoms with Gasteiger partial charge in [-0.05, 0) is 24.0 Å². The van der Waals surface area contributed by atoms with Crippen LogP contribution < -0.4 is 15.4 Å². The van der Waals surface area contributed by atoms with Crippen LogP contribution in [0.5, 0.6) is 5.75 Å². The molecule has 33 heavy (non-hydrogen) atoms. The molecule has 1 aliphatic rings. The van der Waals surface area contributed by atoms with E-state index >= 15 is 0 Å². The van der Waals surface area contributed by atoms with Gasteiger partial charge in [0.1, 0.15) is 17.3 Å². The van der Waals surface area contributed by atoms with Gasteiger partial charge in [0.2, 0.25) is 0 Å². The summed E-state index contributed by atoms with van der Waals surface area (Å²) in [5, 5.41) is 10.1. The summed E-state index contributed by atoms with van der Waals surface area (Å²) in [5.74, 6) is -1.95. The normalized spacial score (nSPS) is 15.7. The number of thioether (sulfide) groups is 1. The molecule has 0 bridgehead atoms. The molecule has 2 aromatic carbocycles. The van der Waals surface area contributed by atoms with Crippen LogP contribution in [0.15, 0.2) is 76.1 Å². The van der Waals surface area contributed by atoms with E-state index in [0.717, 1.165) is 4.90 Å². The Bertz CT molecular complexity index is 1180. The molecule has 2 aromatic rings. The number of allylic oxidation sites excluding steroid dienone is 1. The van der Waals surface area contributed by atoms with Gasteiger partial charge in [-0.25, -0.2) is 9.59 Å². The second-order valence-electron chi connectivity index (χ2n) is 6.87. The number of anilines is 1. The van der Waals surface area contributed by atoms with E-state index in [4.69, 9.17) is 19.9 Å². The lowest BCUT2D eigenvalue weighted by atomic mass is 9.81. The van der Waals surface area contributed by atoms with Crippen molar-refractivity contribution in [3.8, 4) is 11.8 Å². The van der Waals surface area contributed by atoms with Crippen LogP contribution in [0.3, 0.4) is 0 Å². The maximum atomic E-state index is 13.1. The number of nitrogens with two attached hydrogens (primary N) is 1. The number of esters is 2. The van der Waals surface area contributed by atoms with E-state index in [1.807, 2.05) is 6.26 Å². The number of hydrogen-bond acceptors (Lipinski definition) is 9. The number of hydrogen-bond donors (Lipinski definition) is 1. The van der Waals surface area contributed by atoms with E-state index in [-0.39, 0.29) is 22.7 Å². The topological polar surface area (TPSA) is 115 Å². The zero-order valence-corrected chi connectivity index (χ0v) is 19.4. The molecule has 9 heteroatoms. The number of rotatable bonds is 6. The molecule has 170 valence electrons. The largest absolute Gasteiger partial charge is 0.496 e. The van der Waals surface area contributed by atoms with E-state index in [1.54, 1.807) is 48.5 Å². The van der Waals surface area contributed by atoms with Gasteiger partial charge in [-0.15, -0.1) is 11.8 Å². The molecule has 0 fully saturated rings. The van der Waals surface area contributed by atoms with Crippen molar-refractivity contribution in [2.45, 2.75) is 10.8 Å². The summed E-state index contributed by atoms with van der Waals surface area (Å²) in [6, 6.07) is 16.2. The van der Waals surface area contributed by atoms with Crippen LogP contribution in [-0.4, -0.2) is 39.5 Å². The average molecular weight is 466 g/mol. The van der Waals surface area contributed by atoms with Gasteiger partial charge >= 0.3 is 11.9 Å². The molecule has 0 spiro atoms. The van der Waals surface area contributed by atoms with E-state index in [2.05, 4.69) is 6.07 Å². The van der Waals surface area contributed by atoms with Crippen molar-refractivity contribution in [3.05, 3.63) is 76.8 Å². The first-order valence-corrected chi connectivity index (χ1v) is 11.0. The Morgan fingerprint density at radius 3 is 2.27 bits per heavy atom. The highest BCUT2D eigenvalue weighted by Gasteiger charge is 2.43. The Hall–Kier alpha value is -3.90. The summed E-state index contributed by atoms with van der Waals surface area (Å²) < 4.78 is 15.5. The highest BCUT2D eigenvalue weighted by atomic mass is 32.2. The number of nitrogens with zero attached hydrogens (tertiary/aromatic N) is 2. The van der Waals surface area contributed by atoms with Crippen molar-refractivity contribution < 1.29 is 23.8 Å². The SMILES string of the molecule is COC(=O)C1=C(C(=O)OC)N(c2ccc(SC)c(OC)c2)C(N)=C(C#N)C1c1ccccc1. The van der Waals surface area contributed by atoms with Crippen molar-refractivity contribution in [2.24, 2.45) is 5.73 Å². The lowest BCUT2D eigenvalue weighted by molar-refractivity contribution is -0.139. The summed E-state index contributed by atoms with van der Waals surface area (Å²) >= 11 is 1.48. The minimum Gasteiger partial charge on any atom is -0.496 e. The Morgan fingerprint density at radius 1 is 1.06 bits per heavy atom. The molecule has 0 amide bonds. The van der Waals surface area contributed by atoms with Crippen molar-refractivity contribution in [1.29, 1.82) is 5.26 Å². The van der Waals surface area contributed by atoms with Crippen molar-refractivity contribution in [2.75, 3.05) is 32.5 Å². The van der Waals surface area contributed by atoms with E-state index in [9.17, 15) is 14.9 Å². The van der Waals surface area contributed by atoms with Crippen molar-refractivity contribution in [3.63, 3.8) is 0 Å². The maximum absolute atomic E-state index is 13.1. The van der Waals surface area contributed by atoms with Crippen LogP contribution in [-0.2, 0) is 19.1 Å². The quantitative estimate of drug-likeness (QED) is 0.507. The average Bonchev–Trinajstić information content (AvgIpc) is 2.86. The minimum absolute atomic E-state index is 0.00152. The Balaban J connectivity index is 2.40. The van der Waals surface area contributed by atoms with Gasteiger partial charge in [-0.3, -0.25) is 4.90 Å². The van der Waals surface area contributed by atoms with Gasteiger partial charge in [-0.2, -0.15) is 5.26 Å². The third kappa shape index (κ3) is 4.25. The van der Waals surface area contributed by atoms with E-state index < -0.39 is 17.9 Å². The summed E-state index contributed by atoms with van der Waals surface area (Å²) in [4.78, 5) is 28.3. The lowest BCUT2D eigenvalue weighted by Crippen LogP contribution is -2.40. The van der Waals surface area contributed by atoms with Crippen LogP contribution >= 0.6 is 11.8 Å². The number of carbonyl (C=O) groups excluding carboxylic acids is 2. The first kappa shape index (κ1) is 23.8. The zero-order valence-electron chi connectivity index (χ0n) is 18.6. The maximum Gasteiger partial charge on any atom is 0.355 e. The summed E-state index contributed by atoms with van der Waals surface area (Å²) in [7, 11) is 3.94. The van der Waals surface area contributed by atoms with Crippen molar-refractivity contribution in [1.82, 2.24) is 0 Å². The smallest absolute Gasteiger partial charge is 0.355 e. The van der Waals surface area contributed by atoms with Crippen LogP contribution in [0.2, 0.25) is 0 Å². The minimum atomic E-state index is -0.915. The predicted octanol–water partition coefficient (Wildman–Crippen LogP) is 3.31.